The monoisotopic (exact) mass is 258 g/mol. The third-order valence-corrected chi connectivity index (χ3v) is 4.37. The van der Waals surface area contributed by atoms with Crippen molar-refractivity contribution in [3.05, 3.63) is 35.4 Å². The number of benzene rings is 1. The summed E-state index contributed by atoms with van der Waals surface area (Å²) in [5.74, 6) is 0.271. The lowest BCUT2D eigenvalue weighted by molar-refractivity contribution is -0.122. The van der Waals surface area contributed by atoms with E-state index < -0.39 is 0 Å². The zero-order chi connectivity index (χ0) is 13.1. The Hall–Kier alpha value is -1.35. The lowest BCUT2D eigenvalue weighted by atomic mass is 9.82. The van der Waals surface area contributed by atoms with Gasteiger partial charge in [-0.3, -0.25) is 4.79 Å². The molecule has 1 heterocycles. The van der Waals surface area contributed by atoms with Gasteiger partial charge in [-0.2, -0.15) is 0 Å². The summed E-state index contributed by atoms with van der Waals surface area (Å²) in [6.07, 6.45) is 5.64. The fraction of sp³-hybridized carbons (Fsp3) is 0.562. The van der Waals surface area contributed by atoms with Crippen LogP contribution in [0.3, 0.4) is 0 Å². The predicted molar refractivity (Wildman–Crippen MR) is 76.2 cm³/mol. The van der Waals surface area contributed by atoms with Gasteiger partial charge >= 0.3 is 0 Å². The van der Waals surface area contributed by atoms with E-state index in [2.05, 4.69) is 28.8 Å². The summed E-state index contributed by atoms with van der Waals surface area (Å²) in [6.45, 7) is 1.87. The Morgan fingerprint density at radius 3 is 3.00 bits per heavy atom. The second-order valence-electron chi connectivity index (χ2n) is 5.68. The molecule has 0 radical (unpaired) electrons. The summed E-state index contributed by atoms with van der Waals surface area (Å²) < 4.78 is 0. The van der Waals surface area contributed by atoms with Crippen molar-refractivity contribution in [2.45, 2.75) is 44.1 Å². The Kier molecular flexibility index (Phi) is 3.83. The van der Waals surface area contributed by atoms with Gasteiger partial charge in [0.15, 0.2) is 0 Å². The van der Waals surface area contributed by atoms with Gasteiger partial charge in [0.25, 0.3) is 0 Å². The van der Waals surface area contributed by atoms with Crippen LogP contribution in [0.4, 0.5) is 0 Å². The second-order valence-corrected chi connectivity index (χ2v) is 5.68. The van der Waals surface area contributed by atoms with Crippen molar-refractivity contribution in [1.29, 1.82) is 0 Å². The fourth-order valence-electron chi connectivity index (χ4n) is 3.30. The van der Waals surface area contributed by atoms with Crippen LogP contribution in [-0.4, -0.2) is 25.0 Å². The molecular formula is C16H22N2O. The number of carbonyl (C=O) groups is 1. The molecule has 1 saturated heterocycles. The highest BCUT2D eigenvalue weighted by molar-refractivity contribution is 5.84. The predicted octanol–water partition coefficient (Wildman–Crippen LogP) is 1.97. The molecule has 2 unspecified atom stereocenters. The van der Waals surface area contributed by atoms with Gasteiger partial charge in [-0.25, -0.2) is 0 Å². The smallest absolute Gasteiger partial charge is 0.227 e. The van der Waals surface area contributed by atoms with Crippen molar-refractivity contribution in [2.75, 3.05) is 13.1 Å². The molecule has 0 bridgehead atoms. The van der Waals surface area contributed by atoms with Crippen LogP contribution in [0.15, 0.2) is 24.3 Å². The Morgan fingerprint density at radius 1 is 1.26 bits per heavy atom. The zero-order valence-corrected chi connectivity index (χ0v) is 11.3. The van der Waals surface area contributed by atoms with Crippen molar-refractivity contribution in [3.8, 4) is 0 Å². The number of hydrogen-bond donors (Lipinski definition) is 2. The molecule has 0 aromatic heterocycles. The highest BCUT2D eigenvalue weighted by atomic mass is 16.1. The number of aryl methyl sites for hydroxylation is 1. The fourth-order valence-corrected chi connectivity index (χ4v) is 3.30. The summed E-state index contributed by atoms with van der Waals surface area (Å²) in [7, 11) is 0. The minimum Gasteiger partial charge on any atom is -0.354 e. The maximum Gasteiger partial charge on any atom is 0.227 e. The van der Waals surface area contributed by atoms with E-state index in [1.54, 1.807) is 0 Å². The zero-order valence-electron chi connectivity index (χ0n) is 11.3. The molecule has 3 heteroatoms. The van der Waals surface area contributed by atoms with Gasteiger partial charge in [-0.05, 0) is 49.8 Å². The van der Waals surface area contributed by atoms with Gasteiger partial charge in [-0.1, -0.05) is 24.3 Å². The topological polar surface area (TPSA) is 41.1 Å². The van der Waals surface area contributed by atoms with Crippen LogP contribution in [0.5, 0.6) is 0 Å². The molecule has 3 rings (SSSR count). The molecule has 1 fully saturated rings. The molecule has 1 aliphatic carbocycles. The van der Waals surface area contributed by atoms with E-state index in [1.807, 2.05) is 6.07 Å². The van der Waals surface area contributed by atoms with Gasteiger partial charge in [0.05, 0.1) is 5.92 Å². The molecule has 1 aromatic carbocycles. The van der Waals surface area contributed by atoms with Gasteiger partial charge in [-0.15, -0.1) is 0 Å². The lowest BCUT2D eigenvalue weighted by Crippen LogP contribution is -2.40. The van der Waals surface area contributed by atoms with E-state index in [-0.39, 0.29) is 11.8 Å². The molecule has 2 N–H and O–H groups in total. The number of carbonyl (C=O) groups excluding carboxylic acids is 1. The quantitative estimate of drug-likeness (QED) is 0.870. The van der Waals surface area contributed by atoms with Crippen LogP contribution in [0.1, 0.15) is 42.7 Å². The molecule has 2 aliphatic rings. The van der Waals surface area contributed by atoms with Gasteiger partial charge in [0.1, 0.15) is 0 Å². The molecule has 0 saturated carbocycles. The standard InChI is InChI=1S/C16H22N2O/c19-16(18-11-13-7-4-10-17-13)15-9-3-6-12-5-1-2-8-14(12)15/h1-2,5,8,13,15,17H,3-4,6-7,9-11H2,(H,18,19). The van der Waals surface area contributed by atoms with Crippen molar-refractivity contribution in [2.24, 2.45) is 0 Å². The molecule has 0 spiro atoms. The third kappa shape index (κ3) is 2.81. The normalized spacial score (nSPS) is 25.9. The summed E-state index contributed by atoms with van der Waals surface area (Å²) in [6, 6.07) is 8.87. The summed E-state index contributed by atoms with van der Waals surface area (Å²) >= 11 is 0. The SMILES string of the molecule is O=C(NCC1CCCN1)C1CCCc2ccccc21. The average molecular weight is 258 g/mol. The van der Waals surface area contributed by atoms with Gasteiger partial charge < -0.3 is 10.6 Å². The maximum atomic E-state index is 12.4. The van der Waals surface area contributed by atoms with Crippen LogP contribution in [-0.2, 0) is 11.2 Å². The van der Waals surface area contributed by atoms with Gasteiger partial charge in [0.2, 0.25) is 5.91 Å². The molecule has 2 atom stereocenters. The van der Waals surface area contributed by atoms with Gasteiger partial charge in [0, 0.05) is 12.6 Å². The molecule has 102 valence electrons. The lowest BCUT2D eigenvalue weighted by Gasteiger charge is -2.25. The van der Waals surface area contributed by atoms with Crippen LogP contribution < -0.4 is 10.6 Å². The minimum atomic E-state index is 0.0614. The number of hydrogen-bond acceptors (Lipinski definition) is 2. The minimum absolute atomic E-state index is 0.0614. The van der Waals surface area contributed by atoms with E-state index in [0.717, 1.165) is 32.4 Å². The average Bonchev–Trinajstić information content (AvgIpc) is 2.97. The summed E-state index contributed by atoms with van der Waals surface area (Å²) in [5.41, 5.74) is 2.60. The number of amides is 1. The van der Waals surface area contributed by atoms with Crippen molar-refractivity contribution < 1.29 is 4.79 Å². The van der Waals surface area contributed by atoms with Crippen molar-refractivity contribution in [3.63, 3.8) is 0 Å². The molecule has 19 heavy (non-hydrogen) atoms. The van der Waals surface area contributed by atoms with E-state index in [1.165, 1.54) is 24.0 Å². The van der Waals surface area contributed by atoms with E-state index in [4.69, 9.17) is 0 Å². The Morgan fingerprint density at radius 2 is 2.16 bits per heavy atom. The number of nitrogens with one attached hydrogen (secondary N) is 2. The van der Waals surface area contributed by atoms with Crippen molar-refractivity contribution in [1.82, 2.24) is 10.6 Å². The first kappa shape index (κ1) is 12.7. The molecule has 1 aromatic rings. The third-order valence-electron chi connectivity index (χ3n) is 4.37. The Bertz CT molecular complexity index is 452. The summed E-state index contributed by atoms with van der Waals surface area (Å²) in [5, 5.41) is 6.55. The number of rotatable bonds is 3. The molecule has 1 aliphatic heterocycles. The number of fused-ring (bicyclic) bond motifs is 1. The van der Waals surface area contributed by atoms with Crippen LogP contribution in [0, 0.1) is 0 Å². The van der Waals surface area contributed by atoms with Crippen LogP contribution in [0.2, 0.25) is 0 Å². The van der Waals surface area contributed by atoms with Crippen LogP contribution in [0.25, 0.3) is 0 Å². The molecule has 3 nitrogen and oxygen atoms in total. The second kappa shape index (κ2) is 5.74. The first-order chi connectivity index (χ1) is 9.34. The van der Waals surface area contributed by atoms with Crippen molar-refractivity contribution >= 4 is 5.91 Å². The maximum absolute atomic E-state index is 12.4. The first-order valence-corrected chi connectivity index (χ1v) is 7.43. The van der Waals surface area contributed by atoms with E-state index in [0.29, 0.717) is 6.04 Å². The largest absolute Gasteiger partial charge is 0.354 e. The highest BCUT2D eigenvalue weighted by Gasteiger charge is 2.26. The first-order valence-electron chi connectivity index (χ1n) is 7.43. The highest BCUT2D eigenvalue weighted by Crippen LogP contribution is 2.31. The Labute approximate surface area is 114 Å². The van der Waals surface area contributed by atoms with Crippen LogP contribution >= 0.6 is 0 Å². The van der Waals surface area contributed by atoms with E-state index >= 15 is 0 Å². The van der Waals surface area contributed by atoms with E-state index in [9.17, 15) is 4.79 Å². The Balaban J connectivity index is 1.64. The molecule has 1 amide bonds. The molecular weight excluding hydrogens is 236 g/mol. The summed E-state index contributed by atoms with van der Waals surface area (Å²) in [4.78, 5) is 12.4.